The largest absolute Gasteiger partial charge is 0.378 e. The summed E-state index contributed by atoms with van der Waals surface area (Å²) in [5, 5.41) is 9.77. The lowest BCUT2D eigenvalue weighted by molar-refractivity contribution is -0.126. The Labute approximate surface area is 99.5 Å². The molecule has 0 bridgehead atoms. The van der Waals surface area contributed by atoms with Gasteiger partial charge >= 0.3 is 0 Å². The van der Waals surface area contributed by atoms with Gasteiger partial charge < -0.3 is 10.8 Å². The van der Waals surface area contributed by atoms with Crippen LogP contribution in [0.15, 0.2) is 54.6 Å². The van der Waals surface area contributed by atoms with E-state index in [0.717, 1.165) is 11.1 Å². The summed E-state index contributed by atoms with van der Waals surface area (Å²) in [5.41, 5.74) is 7.43. The van der Waals surface area contributed by atoms with Gasteiger partial charge in [-0.2, -0.15) is 0 Å². The van der Waals surface area contributed by atoms with Gasteiger partial charge in [0, 0.05) is 0 Å². The first-order chi connectivity index (χ1) is 8.20. The van der Waals surface area contributed by atoms with Gasteiger partial charge in [-0.15, -0.1) is 0 Å². The van der Waals surface area contributed by atoms with Crippen LogP contribution in [0.5, 0.6) is 0 Å². The SMILES string of the molecule is NC(=O)[C@@H](O)c1ccccc1-c1ccccc1. The number of primary amides is 1. The third kappa shape index (κ3) is 2.34. The summed E-state index contributed by atoms with van der Waals surface area (Å²) in [6.07, 6.45) is -1.27. The second-order valence-corrected chi connectivity index (χ2v) is 3.76. The minimum absolute atomic E-state index is 0.534. The lowest BCUT2D eigenvalue weighted by Gasteiger charge is -2.12. The van der Waals surface area contributed by atoms with Crippen molar-refractivity contribution in [1.82, 2.24) is 0 Å². The molecule has 86 valence electrons. The van der Waals surface area contributed by atoms with Crippen LogP contribution >= 0.6 is 0 Å². The first-order valence-electron chi connectivity index (χ1n) is 5.32. The van der Waals surface area contributed by atoms with E-state index < -0.39 is 12.0 Å². The Balaban J connectivity index is 2.52. The Morgan fingerprint density at radius 2 is 1.59 bits per heavy atom. The van der Waals surface area contributed by atoms with Crippen molar-refractivity contribution in [1.29, 1.82) is 0 Å². The van der Waals surface area contributed by atoms with Gasteiger partial charge in [-0.25, -0.2) is 0 Å². The molecule has 1 atom stereocenters. The van der Waals surface area contributed by atoms with Crippen molar-refractivity contribution < 1.29 is 9.90 Å². The van der Waals surface area contributed by atoms with Gasteiger partial charge in [0.1, 0.15) is 0 Å². The van der Waals surface area contributed by atoms with Crippen LogP contribution in [0, 0.1) is 0 Å². The third-order valence-corrected chi connectivity index (χ3v) is 2.61. The summed E-state index contributed by atoms with van der Waals surface area (Å²) in [6.45, 7) is 0. The maximum absolute atomic E-state index is 11.1. The molecule has 0 saturated heterocycles. The second kappa shape index (κ2) is 4.80. The van der Waals surface area contributed by atoms with Crippen LogP contribution in [0.3, 0.4) is 0 Å². The van der Waals surface area contributed by atoms with E-state index in [1.807, 2.05) is 42.5 Å². The van der Waals surface area contributed by atoms with Gasteiger partial charge in [0.15, 0.2) is 6.10 Å². The second-order valence-electron chi connectivity index (χ2n) is 3.76. The molecule has 2 rings (SSSR count). The molecule has 1 amide bonds. The van der Waals surface area contributed by atoms with Crippen molar-refractivity contribution in [2.24, 2.45) is 5.73 Å². The van der Waals surface area contributed by atoms with E-state index >= 15 is 0 Å². The summed E-state index contributed by atoms with van der Waals surface area (Å²) in [7, 11) is 0. The predicted molar refractivity (Wildman–Crippen MR) is 66.0 cm³/mol. The summed E-state index contributed by atoms with van der Waals surface area (Å²) in [4.78, 5) is 11.1. The highest BCUT2D eigenvalue weighted by molar-refractivity contribution is 5.83. The molecule has 2 aromatic carbocycles. The first-order valence-corrected chi connectivity index (χ1v) is 5.32. The normalized spacial score (nSPS) is 12.1. The number of aliphatic hydroxyl groups is 1. The predicted octanol–water partition coefficient (Wildman–Crippen LogP) is 1.87. The lowest BCUT2D eigenvalue weighted by atomic mass is 9.96. The summed E-state index contributed by atoms with van der Waals surface area (Å²) in [6, 6.07) is 16.8. The fraction of sp³-hybridized carbons (Fsp3) is 0.0714. The Kier molecular flexibility index (Phi) is 3.21. The molecule has 0 saturated carbocycles. The number of benzene rings is 2. The smallest absolute Gasteiger partial charge is 0.250 e. The third-order valence-electron chi connectivity index (χ3n) is 2.61. The minimum atomic E-state index is -1.27. The molecule has 0 heterocycles. The van der Waals surface area contributed by atoms with Crippen LogP contribution < -0.4 is 5.73 Å². The monoisotopic (exact) mass is 227 g/mol. The molecule has 0 unspecified atom stereocenters. The Morgan fingerprint density at radius 3 is 2.24 bits per heavy atom. The van der Waals surface area contributed by atoms with E-state index in [-0.39, 0.29) is 0 Å². The van der Waals surface area contributed by atoms with Gasteiger partial charge in [-0.3, -0.25) is 4.79 Å². The van der Waals surface area contributed by atoms with Crippen molar-refractivity contribution in [3.63, 3.8) is 0 Å². The van der Waals surface area contributed by atoms with Crippen molar-refractivity contribution in [3.05, 3.63) is 60.2 Å². The standard InChI is InChI=1S/C14H13NO2/c15-14(17)13(16)12-9-5-4-8-11(12)10-6-2-1-3-7-10/h1-9,13,16H,(H2,15,17)/t13-/m0/s1. The van der Waals surface area contributed by atoms with E-state index in [1.165, 1.54) is 0 Å². The molecule has 2 aromatic rings. The van der Waals surface area contributed by atoms with Gasteiger partial charge in [0.2, 0.25) is 0 Å². The van der Waals surface area contributed by atoms with E-state index in [1.54, 1.807) is 12.1 Å². The van der Waals surface area contributed by atoms with Crippen LogP contribution in [0.2, 0.25) is 0 Å². The zero-order valence-corrected chi connectivity index (χ0v) is 9.21. The zero-order valence-electron chi connectivity index (χ0n) is 9.21. The number of rotatable bonds is 3. The number of carbonyl (C=O) groups excluding carboxylic acids is 1. The molecule has 3 N–H and O–H groups in total. The van der Waals surface area contributed by atoms with E-state index in [2.05, 4.69) is 0 Å². The maximum atomic E-state index is 11.1. The molecule has 0 aliphatic heterocycles. The summed E-state index contributed by atoms with van der Waals surface area (Å²) < 4.78 is 0. The van der Waals surface area contributed by atoms with Crippen LogP contribution in [0.25, 0.3) is 11.1 Å². The number of aliphatic hydroxyl groups excluding tert-OH is 1. The van der Waals surface area contributed by atoms with Crippen molar-refractivity contribution in [2.75, 3.05) is 0 Å². The fourth-order valence-electron chi connectivity index (χ4n) is 1.77. The topological polar surface area (TPSA) is 63.3 Å². The average Bonchev–Trinajstić information content (AvgIpc) is 2.39. The zero-order chi connectivity index (χ0) is 12.3. The molecule has 0 aliphatic rings. The summed E-state index contributed by atoms with van der Waals surface area (Å²) >= 11 is 0. The van der Waals surface area contributed by atoms with Crippen molar-refractivity contribution >= 4 is 5.91 Å². The Bertz CT molecular complexity index is 523. The molecule has 0 radical (unpaired) electrons. The molecule has 17 heavy (non-hydrogen) atoms. The van der Waals surface area contributed by atoms with Crippen LogP contribution in [-0.2, 0) is 4.79 Å². The molecule has 3 nitrogen and oxygen atoms in total. The van der Waals surface area contributed by atoms with E-state index in [4.69, 9.17) is 5.73 Å². The van der Waals surface area contributed by atoms with Gasteiger partial charge in [0.25, 0.3) is 5.91 Å². The first kappa shape index (κ1) is 11.4. The highest BCUT2D eigenvalue weighted by Crippen LogP contribution is 2.27. The molecule has 0 aliphatic carbocycles. The van der Waals surface area contributed by atoms with Crippen molar-refractivity contribution in [2.45, 2.75) is 6.10 Å². The van der Waals surface area contributed by atoms with Gasteiger partial charge in [0.05, 0.1) is 0 Å². The molecule has 0 aromatic heterocycles. The number of nitrogens with two attached hydrogens (primary N) is 1. The molecule has 0 spiro atoms. The molecule has 3 heteroatoms. The Hall–Kier alpha value is -2.13. The highest BCUT2D eigenvalue weighted by atomic mass is 16.3. The van der Waals surface area contributed by atoms with Gasteiger partial charge in [-0.1, -0.05) is 54.6 Å². The quantitative estimate of drug-likeness (QED) is 0.840. The number of amides is 1. The number of hydrogen-bond donors (Lipinski definition) is 2. The fourth-order valence-corrected chi connectivity index (χ4v) is 1.77. The molecular formula is C14H13NO2. The molecule has 0 fully saturated rings. The van der Waals surface area contributed by atoms with E-state index in [9.17, 15) is 9.90 Å². The average molecular weight is 227 g/mol. The highest BCUT2D eigenvalue weighted by Gasteiger charge is 2.17. The number of carbonyl (C=O) groups is 1. The Morgan fingerprint density at radius 1 is 1.00 bits per heavy atom. The van der Waals surface area contributed by atoms with Crippen LogP contribution in [-0.4, -0.2) is 11.0 Å². The van der Waals surface area contributed by atoms with Crippen LogP contribution in [0.1, 0.15) is 11.7 Å². The number of hydrogen-bond acceptors (Lipinski definition) is 2. The van der Waals surface area contributed by atoms with Crippen LogP contribution in [0.4, 0.5) is 0 Å². The van der Waals surface area contributed by atoms with Gasteiger partial charge in [-0.05, 0) is 16.7 Å². The lowest BCUT2D eigenvalue weighted by Crippen LogP contribution is -2.21. The maximum Gasteiger partial charge on any atom is 0.250 e. The summed E-state index contributed by atoms with van der Waals surface area (Å²) in [5.74, 6) is -0.742. The molecular weight excluding hydrogens is 214 g/mol. The van der Waals surface area contributed by atoms with E-state index in [0.29, 0.717) is 5.56 Å². The minimum Gasteiger partial charge on any atom is -0.378 e. The van der Waals surface area contributed by atoms with Crippen molar-refractivity contribution in [3.8, 4) is 11.1 Å².